The molecule has 2 aromatic carbocycles. The summed E-state index contributed by atoms with van der Waals surface area (Å²) in [6.45, 7) is 0. The second-order valence-corrected chi connectivity index (χ2v) is 4.82. The van der Waals surface area contributed by atoms with Crippen LogP contribution >= 0.6 is 12.2 Å². The van der Waals surface area contributed by atoms with Gasteiger partial charge in [-0.3, -0.25) is 4.79 Å². The van der Waals surface area contributed by atoms with Crippen LogP contribution in [0.1, 0.15) is 22.0 Å². The lowest BCUT2D eigenvalue weighted by atomic mass is 10.1. The molecule has 0 aromatic heterocycles. The van der Waals surface area contributed by atoms with Crippen molar-refractivity contribution in [3.63, 3.8) is 0 Å². The number of hydrogen-bond acceptors (Lipinski definition) is 2. The minimum Gasteiger partial charge on any atom is -0.391 e. The van der Waals surface area contributed by atoms with Gasteiger partial charge in [0.1, 0.15) is 11.0 Å². The van der Waals surface area contributed by atoms with Crippen LogP contribution in [0, 0.1) is 11.6 Å². The van der Waals surface area contributed by atoms with E-state index in [-0.39, 0.29) is 10.6 Å². The largest absolute Gasteiger partial charge is 0.391 e. The summed E-state index contributed by atoms with van der Waals surface area (Å²) in [5.74, 6) is -2.69. The lowest BCUT2D eigenvalue weighted by Crippen LogP contribution is -2.36. The SMILES string of the molecule is NC(=S)C(NC(=O)c1ccc(F)c(F)c1)c1ccccc1. The van der Waals surface area contributed by atoms with E-state index in [2.05, 4.69) is 5.32 Å². The molecule has 1 unspecified atom stereocenters. The molecule has 0 aliphatic heterocycles. The Morgan fingerprint density at radius 3 is 2.33 bits per heavy atom. The van der Waals surface area contributed by atoms with Gasteiger partial charge in [0.2, 0.25) is 0 Å². The third-order valence-corrected chi connectivity index (χ3v) is 3.11. The van der Waals surface area contributed by atoms with Crippen LogP contribution < -0.4 is 11.1 Å². The monoisotopic (exact) mass is 306 g/mol. The van der Waals surface area contributed by atoms with Crippen LogP contribution in [-0.4, -0.2) is 10.9 Å². The first-order valence-electron chi connectivity index (χ1n) is 6.09. The van der Waals surface area contributed by atoms with Gasteiger partial charge in [0.15, 0.2) is 11.6 Å². The van der Waals surface area contributed by atoms with Gasteiger partial charge in [-0.05, 0) is 23.8 Å². The van der Waals surface area contributed by atoms with Crippen molar-refractivity contribution in [3.05, 3.63) is 71.3 Å². The second kappa shape index (κ2) is 6.41. The maximum absolute atomic E-state index is 13.2. The Morgan fingerprint density at radius 2 is 1.76 bits per heavy atom. The second-order valence-electron chi connectivity index (χ2n) is 4.35. The first-order valence-corrected chi connectivity index (χ1v) is 6.50. The minimum atomic E-state index is -1.09. The lowest BCUT2D eigenvalue weighted by molar-refractivity contribution is 0.0946. The van der Waals surface area contributed by atoms with Crippen molar-refractivity contribution in [2.45, 2.75) is 6.04 Å². The molecule has 21 heavy (non-hydrogen) atoms. The van der Waals surface area contributed by atoms with Crippen molar-refractivity contribution in [3.8, 4) is 0 Å². The number of halogens is 2. The Kier molecular flexibility index (Phi) is 4.59. The van der Waals surface area contributed by atoms with E-state index in [4.69, 9.17) is 18.0 Å². The van der Waals surface area contributed by atoms with E-state index in [0.29, 0.717) is 5.56 Å². The van der Waals surface area contributed by atoms with Gasteiger partial charge >= 0.3 is 0 Å². The first kappa shape index (κ1) is 15.1. The summed E-state index contributed by atoms with van der Waals surface area (Å²) in [6.07, 6.45) is 0. The zero-order valence-corrected chi connectivity index (χ0v) is 11.7. The molecule has 2 rings (SSSR count). The molecule has 0 aliphatic rings. The Hall–Kier alpha value is -2.34. The molecule has 2 aromatic rings. The summed E-state index contributed by atoms with van der Waals surface area (Å²) in [7, 11) is 0. The first-order chi connectivity index (χ1) is 9.99. The number of carbonyl (C=O) groups is 1. The average molecular weight is 306 g/mol. The molecule has 0 saturated carbocycles. The van der Waals surface area contributed by atoms with Crippen molar-refractivity contribution in [1.29, 1.82) is 0 Å². The standard InChI is InChI=1S/C15H12F2N2OS/c16-11-7-6-10(8-12(11)17)15(20)19-13(14(18)21)9-4-2-1-3-5-9/h1-8,13H,(H2,18,21)(H,19,20). The fourth-order valence-electron chi connectivity index (χ4n) is 1.82. The summed E-state index contributed by atoms with van der Waals surface area (Å²) >= 11 is 4.94. The van der Waals surface area contributed by atoms with E-state index in [1.807, 2.05) is 6.07 Å². The summed E-state index contributed by atoms with van der Waals surface area (Å²) in [4.78, 5) is 12.2. The molecule has 0 fully saturated rings. The lowest BCUT2D eigenvalue weighted by Gasteiger charge is -2.18. The number of amides is 1. The highest BCUT2D eigenvalue weighted by Crippen LogP contribution is 2.15. The van der Waals surface area contributed by atoms with Crippen molar-refractivity contribution in [2.24, 2.45) is 5.73 Å². The van der Waals surface area contributed by atoms with Crippen molar-refractivity contribution in [1.82, 2.24) is 5.32 Å². The summed E-state index contributed by atoms with van der Waals surface area (Å²) in [5.41, 5.74) is 6.33. The summed E-state index contributed by atoms with van der Waals surface area (Å²) < 4.78 is 26.0. The van der Waals surface area contributed by atoms with Crippen molar-refractivity contribution >= 4 is 23.1 Å². The highest BCUT2D eigenvalue weighted by Gasteiger charge is 2.18. The molecular formula is C15H12F2N2OS. The van der Waals surface area contributed by atoms with Gasteiger partial charge in [-0.25, -0.2) is 8.78 Å². The molecule has 0 aliphatic carbocycles. The van der Waals surface area contributed by atoms with Crippen LogP contribution in [0.2, 0.25) is 0 Å². The Labute approximate surface area is 125 Å². The molecule has 0 saturated heterocycles. The molecule has 3 N–H and O–H groups in total. The van der Waals surface area contributed by atoms with Gasteiger partial charge in [0.25, 0.3) is 5.91 Å². The quantitative estimate of drug-likeness (QED) is 0.854. The van der Waals surface area contributed by atoms with Gasteiger partial charge in [-0.15, -0.1) is 0 Å². The normalized spacial score (nSPS) is 11.7. The molecule has 6 heteroatoms. The van der Waals surface area contributed by atoms with Crippen LogP contribution in [0.4, 0.5) is 8.78 Å². The predicted octanol–water partition coefficient (Wildman–Crippen LogP) is 2.72. The van der Waals surface area contributed by atoms with E-state index in [1.165, 1.54) is 6.07 Å². The molecule has 0 bridgehead atoms. The van der Waals surface area contributed by atoms with E-state index in [9.17, 15) is 13.6 Å². The van der Waals surface area contributed by atoms with Gasteiger partial charge in [0.05, 0.1) is 0 Å². The molecular weight excluding hydrogens is 294 g/mol. The topological polar surface area (TPSA) is 55.1 Å². The highest BCUT2D eigenvalue weighted by atomic mass is 32.1. The number of hydrogen-bond donors (Lipinski definition) is 2. The third-order valence-electron chi connectivity index (χ3n) is 2.87. The molecule has 0 heterocycles. The fourth-order valence-corrected chi connectivity index (χ4v) is 2.01. The predicted molar refractivity (Wildman–Crippen MR) is 79.8 cm³/mol. The van der Waals surface area contributed by atoms with E-state index >= 15 is 0 Å². The summed E-state index contributed by atoms with van der Waals surface area (Å²) in [5, 5.41) is 2.60. The zero-order chi connectivity index (χ0) is 15.4. The number of thiocarbonyl (C=S) groups is 1. The van der Waals surface area contributed by atoms with Crippen LogP contribution in [0.5, 0.6) is 0 Å². The maximum atomic E-state index is 13.2. The van der Waals surface area contributed by atoms with Gasteiger partial charge in [0, 0.05) is 5.56 Å². The minimum absolute atomic E-state index is 0.00826. The fraction of sp³-hybridized carbons (Fsp3) is 0.0667. The van der Waals surface area contributed by atoms with Crippen LogP contribution in [0.3, 0.4) is 0 Å². The number of nitrogens with two attached hydrogens (primary N) is 1. The van der Waals surface area contributed by atoms with E-state index < -0.39 is 23.6 Å². The molecule has 0 spiro atoms. The Bertz CT molecular complexity index is 677. The van der Waals surface area contributed by atoms with E-state index in [1.54, 1.807) is 24.3 Å². The molecule has 1 amide bonds. The number of rotatable bonds is 4. The Balaban J connectivity index is 2.23. The van der Waals surface area contributed by atoms with Crippen molar-refractivity contribution in [2.75, 3.05) is 0 Å². The van der Waals surface area contributed by atoms with Crippen LogP contribution in [0.15, 0.2) is 48.5 Å². The average Bonchev–Trinajstić information content (AvgIpc) is 2.48. The van der Waals surface area contributed by atoms with Crippen LogP contribution in [0.25, 0.3) is 0 Å². The molecule has 108 valence electrons. The Morgan fingerprint density at radius 1 is 1.10 bits per heavy atom. The van der Waals surface area contributed by atoms with Crippen molar-refractivity contribution < 1.29 is 13.6 Å². The number of carbonyl (C=O) groups excluding carboxylic acids is 1. The molecule has 1 atom stereocenters. The molecule has 0 radical (unpaired) electrons. The number of nitrogens with one attached hydrogen (secondary N) is 1. The highest BCUT2D eigenvalue weighted by molar-refractivity contribution is 7.80. The maximum Gasteiger partial charge on any atom is 0.252 e. The molecule has 3 nitrogen and oxygen atoms in total. The zero-order valence-electron chi connectivity index (χ0n) is 10.8. The van der Waals surface area contributed by atoms with Gasteiger partial charge < -0.3 is 11.1 Å². The number of benzene rings is 2. The smallest absolute Gasteiger partial charge is 0.252 e. The third kappa shape index (κ3) is 3.61. The van der Waals surface area contributed by atoms with Gasteiger partial charge in [-0.1, -0.05) is 42.5 Å². The van der Waals surface area contributed by atoms with E-state index in [0.717, 1.165) is 12.1 Å². The summed E-state index contributed by atoms with van der Waals surface area (Å²) in [6, 6.07) is 11.1. The van der Waals surface area contributed by atoms with Gasteiger partial charge in [-0.2, -0.15) is 0 Å². The van der Waals surface area contributed by atoms with Crippen LogP contribution in [-0.2, 0) is 0 Å².